The maximum absolute atomic E-state index is 12.2. The predicted molar refractivity (Wildman–Crippen MR) is 106 cm³/mol. The summed E-state index contributed by atoms with van der Waals surface area (Å²) >= 11 is 4.93. The summed E-state index contributed by atoms with van der Waals surface area (Å²) in [6.07, 6.45) is 0. The lowest BCUT2D eigenvalue weighted by molar-refractivity contribution is -0.117. The highest BCUT2D eigenvalue weighted by molar-refractivity contribution is 7.80. The van der Waals surface area contributed by atoms with Gasteiger partial charge < -0.3 is 16.0 Å². The summed E-state index contributed by atoms with van der Waals surface area (Å²) in [5.74, 6) is -0.00349. The fourth-order valence-electron chi connectivity index (χ4n) is 2.92. The Bertz CT molecular complexity index is 725. The van der Waals surface area contributed by atoms with Gasteiger partial charge in [0, 0.05) is 43.1 Å². The van der Waals surface area contributed by atoms with Crippen molar-refractivity contribution < 1.29 is 4.79 Å². The minimum atomic E-state index is -0.00349. The van der Waals surface area contributed by atoms with E-state index in [4.69, 9.17) is 18.0 Å². The second-order valence-electron chi connectivity index (χ2n) is 6.09. The number of rotatable bonds is 5. The van der Waals surface area contributed by atoms with Crippen LogP contribution in [0.25, 0.3) is 0 Å². The van der Waals surface area contributed by atoms with Crippen LogP contribution in [-0.4, -0.2) is 48.5 Å². The predicted octanol–water partition coefficient (Wildman–Crippen LogP) is 2.08. The molecule has 0 radical (unpaired) electrons. The van der Waals surface area contributed by atoms with Crippen molar-refractivity contribution >= 4 is 34.5 Å². The number of benzene rings is 2. The van der Waals surface area contributed by atoms with Crippen molar-refractivity contribution in [2.45, 2.75) is 0 Å². The summed E-state index contributed by atoms with van der Waals surface area (Å²) in [5, 5.41) is 2.92. The van der Waals surface area contributed by atoms with Gasteiger partial charge in [0.15, 0.2) is 0 Å². The number of para-hydroxylation sites is 1. The number of piperazine rings is 1. The molecule has 1 amide bonds. The van der Waals surface area contributed by atoms with Crippen LogP contribution in [0.4, 0.5) is 11.4 Å². The lowest BCUT2D eigenvalue weighted by atomic mass is 10.2. The van der Waals surface area contributed by atoms with Gasteiger partial charge in [0.25, 0.3) is 0 Å². The molecule has 1 fully saturated rings. The quantitative estimate of drug-likeness (QED) is 0.805. The molecule has 3 N–H and O–H groups in total. The van der Waals surface area contributed by atoms with E-state index >= 15 is 0 Å². The third kappa shape index (κ3) is 4.78. The Kier molecular flexibility index (Phi) is 5.63. The lowest BCUT2D eigenvalue weighted by Crippen LogP contribution is -2.48. The number of carbonyl (C=O) groups is 1. The van der Waals surface area contributed by atoms with E-state index in [9.17, 15) is 4.79 Å². The third-order valence-corrected chi connectivity index (χ3v) is 4.55. The molecule has 130 valence electrons. The van der Waals surface area contributed by atoms with E-state index < -0.39 is 0 Å². The third-order valence-electron chi connectivity index (χ3n) is 4.31. The average Bonchev–Trinajstić information content (AvgIpc) is 2.63. The molecule has 25 heavy (non-hydrogen) atoms. The summed E-state index contributed by atoms with van der Waals surface area (Å²) in [4.78, 5) is 17.1. The van der Waals surface area contributed by atoms with Crippen LogP contribution >= 0.6 is 12.2 Å². The number of carbonyl (C=O) groups excluding carboxylic acids is 1. The molecule has 2 aromatic rings. The highest BCUT2D eigenvalue weighted by atomic mass is 32.1. The highest BCUT2D eigenvalue weighted by Gasteiger charge is 2.19. The number of thiocarbonyl (C=S) groups is 1. The molecule has 1 aliphatic heterocycles. The van der Waals surface area contributed by atoms with Gasteiger partial charge in [0.1, 0.15) is 4.99 Å². The Hall–Kier alpha value is -2.44. The number of hydrogen-bond donors (Lipinski definition) is 2. The second-order valence-corrected chi connectivity index (χ2v) is 6.53. The molecule has 5 nitrogen and oxygen atoms in total. The van der Waals surface area contributed by atoms with E-state index in [1.807, 2.05) is 30.3 Å². The first-order valence-corrected chi connectivity index (χ1v) is 8.75. The van der Waals surface area contributed by atoms with Crippen LogP contribution in [0.15, 0.2) is 54.6 Å². The van der Waals surface area contributed by atoms with E-state index in [1.165, 1.54) is 5.69 Å². The summed E-state index contributed by atoms with van der Waals surface area (Å²) in [7, 11) is 0. The average molecular weight is 354 g/mol. The minimum absolute atomic E-state index is 0.00349. The topological polar surface area (TPSA) is 61.6 Å². The SMILES string of the molecule is NC(=S)c1ccc(NC(=O)CN2CCN(c3ccccc3)CC2)cc1. The Morgan fingerprint density at radius 3 is 2.24 bits per heavy atom. The Morgan fingerprint density at radius 1 is 1.00 bits per heavy atom. The summed E-state index contributed by atoms with van der Waals surface area (Å²) < 4.78 is 0. The molecule has 1 aliphatic rings. The first-order chi connectivity index (χ1) is 12.1. The second kappa shape index (κ2) is 8.09. The zero-order valence-electron chi connectivity index (χ0n) is 14.0. The van der Waals surface area contributed by atoms with Crippen LogP contribution in [0, 0.1) is 0 Å². The van der Waals surface area contributed by atoms with Crippen LogP contribution < -0.4 is 16.0 Å². The smallest absolute Gasteiger partial charge is 0.238 e. The monoisotopic (exact) mass is 354 g/mol. The fraction of sp³-hybridized carbons (Fsp3) is 0.263. The molecule has 0 atom stereocenters. The van der Waals surface area contributed by atoms with E-state index in [2.05, 4.69) is 39.4 Å². The van der Waals surface area contributed by atoms with E-state index in [0.29, 0.717) is 11.5 Å². The summed E-state index contributed by atoms with van der Waals surface area (Å²) in [5.41, 5.74) is 8.37. The molecule has 2 aromatic carbocycles. The van der Waals surface area contributed by atoms with Gasteiger partial charge in [-0.15, -0.1) is 0 Å². The van der Waals surface area contributed by atoms with Crippen LogP contribution in [0.1, 0.15) is 5.56 Å². The zero-order chi connectivity index (χ0) is 17.6. The van der Waals surface area contributed by atoms with Gasteiger partial charge in [-0.2, -0.15) is 0 Å². The van der Waals surface area contributed by atoms with E-state index in [0.717, 1.165) is 37.4 Å². The lowest BCUT2D eigenvalue weighted by Gasteiger charge is -2.35. The van der Waals surface area contributed by atoms with Crippen LogP contribution in [0.3, 0.4) is 0 Å². The normalized spacial score (nSPS) is 15.0. The molecule has 1 heterocycles. The highest BCUT2D eigenvalue weighted by Crippen LogP contribution is 2.15. The van der Waals surface area contributed by atoms with Crippen LogP contribution in [0.2, 0.25) is 0 Å². The molecule has 3 rings (SSSR count). The first-order valence-electron chi connectivity index (χ1n) is 8.34. The fourth-order valence-corrected chi connectivity index (χ4v) is 3.06. The van der Waals surface area contributed by atoms with Crippen LogP contribution in [-0.2, 0) is 4.79 Å². The zero-order valence-corrected chi connectivity index (χ0v) is 14.8. The molecule has 0 bridgehead atoms. The van der Waals surface area contributed by atoms with Gasteiger partial charge in [0.05, 0.1) is 6.54 Å². The van der Waals surface area contributed by atoms with Crippen LogP contribution in [0.5, 0.6) is 0 Å². The van der Waals surface area contributed by atoms with Gasteiger partial charge in [0.2, 0.25) is 5.91 Å². The number of nitrogens with two attached hydrogens (primary N) is 1. The molecule has 0 aliphatic carbocycles. The molecule has 0 spiro atoms. The Balaban J connectivity index is 1.47. The minimum Gasteiger partial charge on any atom is -0.389 e. The molecule has 0 unspecified atom stereocenters. The number of hydrogen-bond acceptors (Lipinski definition) is 4. The van der Waals surface area contributed by atoms with Gasteiger partial charge in [-0.05, 0) is 36.4 Å². The largest absolute Gasteiger partial charge is 0.389 e. The van der Waals surface area contributed by atoms with Gasteiger partial charge in [-0.1, -0.05) is 30.4 Å². The van der Waals surface area contributed by atoms with Crippen molar-refractivity contribution in [1.82, 2.24) is 4.90 Å². The maximum Gasteiger partial charge on any atom is 0.238 e. The van der Waals surface area contributed by atoms with Gasteiger partial charge in [-0.25, -0.2) is 0 Å². The van der Waals surface area contributed by atoms with Crippen molar-refractivity contribution in [2.24, 2.45) is 5.73 Å². The van der Waals surface area contributed by atoms with E-state index in [1.54, 1.807) is 0 Å². The molecule has 6 heteroatoms. The maximum atomic E-state index is 12.2. The van der Waals surface area contributed by atoms with Gasteiger partial charge >= 0.3 is 0 Å². The standard InChI is InChI=1S/C19H22N4OS/c20-19(25)15-6-8-16(9-7-15)21-18(24)14-22-10-12-23(13-11-22)17-4-2-1-3-5-17/h1-9H,10-14H2,(H2,20,25)(H,21,24). The molecular formula is C19H22N4OS. The Morgan fingerprint density at radius 2 is 1.64 bits per heavy atom. The van der Waals surface area contributed by atoms with Crippen molar-refractivity contribution in [3.63, 3.8) is 0 Å². The molecule has 0 saturated carbocycles. The summed E-state index contributed by atoms with van der Waals surface area (Å²) in [6, 6.07) is 17.7. The number of anilines is 2. The molecule has 1 saturated heterocycles. The first kappa shape index (κ1) is 17.4. The molecule has 0 aromatic heterocycles. The van der Waals surface area contributed by atoms with Crippen molar-refractivity contribution in [2.75, 3.05) is 42.9 Å². The number of nitrogens with one attached hydrogen (secondary N) is 1. The van der Waals surface area contributed by atoms with Crippen molar-refractivity contribution in [3.8, 4) is 0 Å². The molecular weight excluding hydrogens is 332 g/mol. The van der Waals surface area contributed by atoms with Crippen molar-refractivity contribution in [3.05, 3.63) is 60.2 Å². The van der Waals surface area contributed by atoms with E-state index in [-0.39, 0.29) is 5.91 Å². The Labute approximate surface area is 153 Å². The van der Waals surface area contributed by atoms with Gasteiger partial charge in [-0.3, -0.25) is 9.69 Å². The van der Waals surface area contributed by atoms with Crippen molar-refractivity contribution in [1.29, 1.82) is 0 Å². The number of amides is 1. The number of nitrogens with zero attached hydrogens (tertiary/aromatic N) is 2. The summed E-state index contributed by atoms with van der Waals surface area (Å²) in [6.45, 7) is 4.02.